The molecule has 11 heteroatoms. The maximum absolute atomic E-state index is 13.0. The van der Waals surface area contributed by atoms with E-state index in [4.69, 9.17) is 9.15 Å². The molecule has 0 aliphatic heterocycles. The van der Waals surface area contributed by atoms with Gasteiger partial charge in [-0.05, 0) is 42.6 Å². The van der Waals surface area contributed by atoms with Crippen molar-refractivity contribution in [3.63, 3.8) is 0 Å². The van der Waals surface area contributed by atoms with E-state index in [9.17, 15) is 9.18 Å². The Bertz CT molecular complexity index is 1410. The van der Waals surface area contributed by atoms with Crippen LogP contribution in [-0.2, 0) is 6.61 Å². The molecule has 0 saturated heterocycles. The average molecular weight is 487 g/mol. The largest absolute Gasteiger partial charge is 0.484 e. The highest BCUT2D eigenvalue weighted by molar-refractivity contribution is 7.99. The van der Waals surface area contributed by atoms with Crippen LogP contribution in [0.2, 0.25) is 0 Å². The number of ether oxygens (including phenoxy) is 1. The molecule has 0 bridgehead atoms. The topological polar surface area (TPSA) is 93.9 Å². The third-order valence-corrected chi connectivity index (χ3v) is 7.25. The van der Waals surface area contributed by atoms with E-state index in [1.54, 1.807) is 11.3 Å². The number of nitrogens with zero attached hydrogens (tertiary/aromatic N) is 3. The molecule has 162 valence electrons. The molecule has 0 aliphatic carbocycles. The normalized spacial score (nSPS) is 12.3. The predicted molar refractivity (Wildman–Crippen MR) is 123 cm³/mol. The van der Waals surface area contributed by atoms with Crippen molar-refractivity contribution in [3.05, 3.63) is 75.0 Å². The minimum absolute atomic E-state index is 0.0648. The lowest BCUT2D eigenvalue weighted by Crippen LogP contribution is -2.12. The average Bonchev–Trinajstić information content (AvgIpc) is 3.54. The lowest BCUT2D eigenvalue weighted by molar-refractivity contribution is 0.252. The summed E-state index contributed by atoms with van der Waals surface area (Å²) >= 11 is 4.33. The van der Waals surface area contributed by atoms with Gasteiger partial charge in [0.2, 0.25) is 0 Å². The fourth-order valence-corrected chi connectivity index (χ4v) is 5.53. The summed E-state index contributed by atoms with van der Waals surface area (Å²) in [5.74, 6) is 0.993. The number of H-pyrrole nitrogens is 1. The molecule has 1 aromatic carbocycles. The van der Waals surface area contributed by atoms with E-state index in [2.05, 4.69) is 20.2 Å². The van der Waals surface area contributed by atoms with Gasteiger partial charge in [-0.3, -0.25) is 4.79 Å². The second-order valence-electron chi connectivity index (χ2n) is 6.72. The maximum Gasteiger partial charge on any atom is 0.277 e. The number of nitrogens with one attached hydrogen (secondary N) is 1. The van der Waals surface area contributed by atoms with Crippen molar-refractivity contribution in [2.75, 3.05) is 0 Å². The van der Waals surface area contributed by atoms with E-state index in [0.29, 0.717) is 32.9 Å². The van der Waals surface area contributed by atoms with E-state index in [0.717, 1.165) is 10.4 Å². The van der Waals surface area contributed by atoms with Crippen LogP contribution in [0.4, 0.5) is 4.39 Å². The van der Waals surface area contributed by atoms with Crippen molar-refractivity contribution >= 4 is 44.7 Å². The van der Waals surface area contributed by atoms with Crippen molar-refractivity contribution in [1.82, 2.24) is 20.2 Å². The number of halogens is 1. The predicted octanol–water partition coefficient (Wildman–Crippen LogP) is 5.67. The van der Waals surface area contributed by atoms with Crippen LogP contribution in [0.1, 0.15) is 23.9 Å². The lowest BCUT2D eigenvalue weighted by atomic mass is 10.2. The summed E-state index contributed by atoms with van der Waals surface area (Å²) in [5.41, 5.74) is 0.740. The number of rotatable bonds is 7. The number of benzene rings is 1. The summed E-state index contributed by atoms with van der Waals surface area (Å²) in [7, 11) is 0. The zero-order valence-electron chi connectivity index (χ0n) is 16.6. The van der Waals surface area contributed by atoms with Gasteiger partial charge in [-0.1, -0.05) is 17.8 Å². The Kier molecular flexibility index (Phi) is 5.77. The zero-order chi connectivity index (χ0) is 22.1. The molecule has 0 aliphatic rings. The maximum atomic E-state index is 13.0. The number of aromatic amines is 1. The van der Waals surface area contributed by atoms with Gasteiger partial charge in [-0.15, -0.1) is 32.9 Å². The van der Waals surface area contributed by atoms with Crippen LogP contribution in [0.5, 0.6) is 5.75 Å². The Morgan fingerprint density at radius 3 is 2.84 bits per heavy atom. The number of thioether (sulfide) groups is 1. The van der Waals surface area contributed by atoms with Gasteiger partial charge >= 0.3 is 0 Å². The van der Waals surface area contributed by atoms with E-state index < -0.39 is 0 Å². The van der Waals surface area contributed by atoms with Crippen molar-refractivity contribution in [3.8, 4) is 16.2 Å². The highest BCUT2D eigenvalue weighted by Crippen LogP contribution is 2.36. The van der Waals surface area contributed by atoms with Crippen LogP contribution < -0.4 is 10.3 Å². The molecule has 0 fully saturated rings. The molecule has 0 radical (unpaired) electrons. The summed E-state index contributed by atoms with van der Waals surface area (Å²) in [5, 5.41) is 12.7. The molecular weight excluding hydrogens is 471 g/mol. The summed E-state index contributed by atoms with van der Waals surface area (Å²) in [6, 6.07) is 9.62. The molecule has 5 rings (SSSR count). The Morgan fingerprint density at radius 2 is 2.06 bits per heavy atom. The number of hydrogen-bond donors (Lipinski definition) is 1. The lowest BCUT2D eigenvalue weighted by Gasteiger charge is -2.07. The van der Waals surface area contributed by atoms with Crippen LogP contribution in [0.3, 0.4) is 0 Å². The van der Waals surface area contributed by atoms with Crippen LogP contribution in [0.15, 0.2) is 61.6 Å². The summed E-state index contributed by atoms with van der Waals surface area (Å²) < 4.78 is 24.1. The molecule has 0 spiro atoms. The molecule has 7 nitrogen and oxygen atoms in total. The van der Waals surface area contributed by atoms with Gasteiger partial charge in [0.1, 0.15) is 22.2 Å². The first-order valence-corrected chi connectivity index (χ1v) is 12.1. The Morgan fingerprint density at radius 1 is 1.22 bits per heavy atom. The van der Waals surface area contributed by atoms with Crippen molar-refractivity contribution < 1.29 is 13.5 Å². The number of fused-ring (bicyclic) bond motifs is 1. The Balaban J connectivity index is 1.29. The highest BCUT2D eigenvalue weighted by Gasteiger charge is 2.19. The standard InChI is InChI=1S/C21H15FN4O3S3/c1-11(32-21-26-25-16(29-21)9-28-13-6-4-12(22)5-7-13)18-23-19(27)17-14(10-31-20(17)24-18)15-3-2-8-30-15/h2-8,10-11H,9H2,1H3,(H,23,24,27). The van der Waals surface area contributed by atoms with Crippen molar-refractivity contribution in [1.29, 1.82) is 0 Å². The van der Waals surface area contributed by atoms with Crippen LogP contribution in [-0.4, -0.2) is 20.2 Å². The first-order chi connectivity index (χ1) is 15.6. The molecule has 0 amide bonds. The van der Waals surface area contributed by atoms with Gasteiger partial charge in [0, 0.05) is 15.8 Å². The fraction of sp³-hybridized carbons (Fsp3) is 0.143. The fourth-order valence-electron chi connectivity index (χ4n) is 3.00. The molecule has 32 heavy (non-hydrogen) atoms. The molecule has 5 aromatic rings. The number of hydrogen-bond acceptors (Lipinski definition) is 9. The van der Waals surface area contributed by atoms with E-state index in [-0.39, 0.29) is 23.2 Å². The van der Waals surface area contributed by atoms with Gasteiger partial charge in [-0.25, -0.2) is 9.37 Å². The van der Waals surface area contributed by atoms with Crippen LogP contribution >= 0.6 is 34.4 Å². The molecular formula is C21H15FN4O3S3. The SMILES string of the molecule is CC(Sc1nnc(COc2ccc(F)cc2)o1)c1nc2scc(-c3cccs3)c2c(=O)[nH]1. The molecule has 1 N–H and O–H groups in total. The molecule has 1 unspecified atom stereocenters. The van der Waals surface area contributed by atoms with E-state index in [1.807, 2.05) is 29.8 Å². The number of aromatic nitrogens is 4. The molecule has 4 heterocycles. The monoisotopic (exact) mass is 486 g/mol. The van der Waals surface area contributed by atoms with Gasteiger partial charge in [0.25, 0.3) is 16.7 Å². The second kappa shape index (κ2) is 8.85. The highest BCUT2D eigenvalue weighted by atomic mass is 32.2. The van der Waals surface area contributed by atoms with Gasteiger partial charge < -0.3 is 14.1 Å². The Hall–Kier alpha value is -3.02. The van der Waals surface area contributed by atoms with Crippen LogP contribution in [0.25, 0.3) is 20.7 Å². The van der Waals surface area contributed by atoms with E-state index >= 15 is 0 Å². The molecule has 4 aromatic heterocycles. The first kappa shape index (κ1) is 20.9. The quantitative estimate of drug-likeness (QED) is 0.296. The van der Waals surface area contributed by atoms with Gasteiger partial charge in [0.15, 0.2) is 6.61 Å². The smallest absolute Gasteiger partial charge is 0.277 e. The minimum Gasteiger partial charge on any atom is -0.484 e. The summed E-state index contributed by atoms with van der Waals surface area (Å²) in [4.78, 5) is 22.1. The summed E-state index contributed by atoms with van der Waals surface area (Å²) in [6.45, 7) is 1.97. The number of thiophene rings is 2. The zero-order valence-corrected chi connectivity index (χ0v) is 19.0. The molecule has 0 saturated carbocycles. The third kappa shape index (κ3) is 4.31. The first-order valence-electron chi connectivity index (χ1n) is 9.49. The van der Waals surface area contributed by atoms with Gasteiger partial charge in [-0.2, -0.15) is 0 Å². The summed E-state index contributed by atoms with van der Waals surface area (Å²) in [6.07, 6.45) is 0. The minimum atomic E-state index is -0.335. The van der Waals surface area contributed by atoms with Crippen LogP contribution in [0, 0.1) is 5.82 Å². The van der Waals surface area contributed by atoms with E-state index in [1.165, 1.54) is 47.4 Å². The van der Waals surface area contributed by atoms with Gasteiger partial charge in [0.05, 0.1) is 10.6 Å². The van der Waals surface area contributed by atoms with Crippen molar-refractivity contribution in [2.45, 2.75) is 24.0 Å². The second-order valence-corrected chi connectivity index (χ2v) is 9.82. The van der Waals surface area contributed by atoms with Crippen molar-refractivity contribution in [2.24, 2.45) is 0 Å². The Labute approximate surface area is 193 Å². The molecule has 1 atom stereocenters. The third-order valence-electron chi connectivity index (χ3n) is 4.54.